The third kappa shape index (κ3) is 5.88. The van der Waals surface area contributed by atoms with E-state index in [0.717, 1.165) is 17.8 Å². The lowest BCUT2D eigenvalue weighted by molar-refractivity contribution is -0.144. The van der Waals surface area contributed by atoms with Crippen LogP contribution in [0.5, 0.6) is 0 Å². The molecule has 0 radical (unpaired) electrons. The number of ether oxygens (including phenoxy) is 1. The molecular formula is C12H19NO2S. The van der Waals surface area contributed by atoms with Crippen LogP contribution in [0.1, 0.15) is 31.6 Å². The van der Waals surface area contributed by atoms with E-state index in [4.69, 9.17) is 4.74 Å². The van der Waals surface area contributed by atoms with Gasteiger partial charge in [-0.1, -0.05) is 19.9 Å². The molecule has 0 fully saturated rings. The molecule has 16 heavy (non-hydrogen) atoms. The molecule has 0 spiro atoms. The van der Waals surface area contributed by atoms with Crippen LogP contribution in [-0.4, -0.2) is 18.6 Å². The largest absolute Gasteiger partial charge is 0.460 e. The van der Waals surface area contributed by atoms with E-state index in [-0.39, 0.29) is 5.97 Å². The van der Waals surface area contributed by atoms with Gasteiger partial charge in [-0.3, -0.25) is 4.79 Å². The molecule has 1 N–H and O–H groups in total. The lowest BCUT2D eigenvalue weighted by atomic mass is 10.3. The van der Waals surface area contributed by atoms with Gasteiger partial charge < -0.3 is 10.1 Å². The van der Waals surface area contributed by atoms with Gasteiger partial charge in [-0.05, 0) is 24.4 Å². The maximum Gasteiger partial charge on any atom is 0.306 e. The molecule has 1 heterocycles. The van der Waals surface area contributed by atoms with Crippen LogP contribution in [0.4, 0.5) is 0 Å². The Morgan fingerprint density at radius 3 is 3.00 bits per heavy atom. The van der Waals surface area contributed by atoms with Gasteiger partial charge in [-0.25, -0.2) is 0 Å². The van der Waals surface area contributed by atoms with E-state index in [1.807, 2.05) is 17.5 Å². The molecule has 0 aliphatic rings. The Labute approximate surface area is 101 Å². The second-order valence-corrected chi connectivity index (χ2v) is 4.98. The summed E-state index contributed by atoms with van der Waals surface area (Å²) < 4.78 is 5.14. The molecule has 0 unspecified atom stereocenters. The summed E-state index contributed by atoms with van der Waals surface area (Å²) in [7, 11) is 0. The van der Waals surface area contributed by atoms with Crippen LogP contribution in [0.25, 0.3) is 0 Å². The Balaban J connectivity index is 2.03. The molecule has 0 amide bonds. The number of carbonyl (C=O) groups is 1. The topological polar surface area (TPSA) is 38.3 Å². The summed E-state index contributed by atoms with van der Waals surface area (Å²) in [6, 6.07) is 4.40. The van der Waals surface area contributed by atoms with Gasteiger partial charge in [0.2, 0.25) is 0 Å². The van der Waals surface area contributed by atoms with Crippen molar-refractivity contribution in [3.8, 4) is 0 Å². The second kappa shape index (κ2) is 7.41. The maximum atomic E-state index is 11.3. The molecule has 90 valence electrons. The second-order valence-electron chi connectivity index (χ2n) is 3.95. The zero-order valence-electron chi connectivity index (χ0n) is 9.86. The molecule has 0 atom stereocenters. The number of carbonyl (C=O) groups excluding carboxylic acids is 1. The highest BCUT2D eigenvalue weighted by Crippen LogP contribution is 2.10. The zero-order chi connectivity index (χ0) is 11.8. The van der Waals surface area contributed by atoms with Crippen LogP contribution in [0.3, 0.4) is 0 Å². The Hall–Kier alpha value is -0.870. The van der Waals surface area contributed by atoms with Crippen LogP contribution in [-0.2, 0) is 16.1 Å². The number of rotatable bonds is 7. The highest BCUT2D eigenvalue weighted by Gasteiger charge is 2.03. The summed E-state index contributed by atoms with van der Waals surface area (Å²) in [5.41, 5.74) is 0. The lowest BCUT2D eigenvalue weighted by Gasteiger charge is -2.07. The lowest BCUT2D eigenvalue weighted by Crippen LogP contribution is -2.24. The van der Waals surface area contributed by atoms with E-state index in [2.05, 4.69) is 19.2 Å². The van der Waals surface area contributed by atoms with E-state index < -0.39 is 0 Å². The van der Waals surface area contributed by atoms with Gasteiger partial charge >= 0.3 is 5.97 Å². The number of esters is 1. The normalized spacial score (nSPS) is 10.7. The SMILES string of the molecule is CC(C)NCCCC(=O)OCc1cccs1. The number of hydrogen-bond acceptors (Lipinski definition) is 4. The van der Waals surface area contributed by atoms with Crippen molar-refractivity contribution >= 4 is 17.3 Å². The molecule has 1 aromatic rings. The summed E-state index contributed by atoms with van der Waals surface area (Å²) in [5.74, 6) is -0.112. The first-order valence-electron chi connectivity index (χ1n) is 5.60. The molecule has 4 heteroatoms. The molecule has 0 aliphatic heterocycles. The summed E-state index contributed by atoms with van der Waals surface area (Å²) >= 11 is 1.61. The Kier molecular flexibility index (Phi) is 6.11. The average molecular weight is 241 g/mol. The van der Waals surface area contributed by atoms with Gasteiger partial charge in [0.25, 0.3) is 0 Å². The fourth-order valence-corrected chi connectivity index (χ4v) is 1.86. The van der Waals surface area contributed by atoms with Crippen molar-refractivity contribution in [2.24, 2.45) is 0 Å². The molecular weight excluding hydrogens is 222 g/mol. The monoisotopic (exact) mass is 241 g/mol. The van der Waals surface area contributed by atoms with Crippen LogP contribution < -0.4 is 5.32 Å². The molecule has 3 nitrogen and oxygen atoms in total. The van der Waals surface area contributed by atoms with Gasteiger partial charge in [0.15, 0.2) is 0 Å². The van der Waals surface area contributed by atoms with Crippen molar-refractivity contribution < 1.29 is 9.53 Å². The molecule has 0 saturated heterocycles. The summed E-state index contributed by atoms with van der Waals surface area (Å²) in [6.45, 7) is 5.46. The fourth-order valence-electron chi connectivity index (χ4n) is 1.24. The van der Waals surface area contributed by atoms with Crippen molar-refractivity contribution in [3.63, 3.8) is 0 Å². The minimum absolute atomic E-state index is 0.112. The predicted molar refractivity (Wildman–Crippen MR) is 66.5 cm³/mol. The smallest absolute Gasteiger partial charge is 0.306 e. The fraction of sp³-hybridized carbons (Fsp3) is 0.583. The van der Waals surface area contributed by atoms with Gasteiger partial charge in [0.1, 0.15) is 6.61 Å². The minimum Gasteiger partial charge on any atom is -0.460 e. The quantitative estimate of drug-likeness (QED) is 0.589. The third-order valence-corrected chi connectivity index (χ3v) is 2.92. The van der Waals surface area contributed by atoms with E-state index in [9.17, 15) is 4.79 Å². The van der Waals surface area contributed by atoms with Crippen LogP contribution in [0.15, 0.2) is 17.5 Å². The molecule has 0 aliphatic carbocycles. The zero-order valence-corrected chi connectivity index (χ0v) is 10.7. The van der Waals surface area contributed by atoms with Crippen LogP contribution in [0.2, 0.25) is 0 Å². The maximum absolute atomic E-state index is 11.3. The van der Waals surface area contributed by atoms with Crippen molar-refractivity contribution in [1.82, 2.24) is 5.32 Å². The van der Waals surface area contributed by atoms with E-state index in [1.54, 1.807) is 11.3 Å². The number of nitrogens with one attached hydrogen (secondary N) is 1. The molecule has 0 saturated carbocycles. The third-order valence-electron chi connectivity index (χ3n) is 2.07. The Morgan fingerprint density at radius 1 is 1.56 bits per heavy atom. The molecule has 0 aromatic carbocycles. The predicted octanol–water partition coefficient (Wildman–Crippen LogP) is 2.57. The van der Waals surface area contributed by atoms with Crippen molar-refractivity contribution in [1.29, 1.82) is 0 Å². The molecule has 0 bridgehead atoms. The van der Waals surface area contributed by atoms with Crippen molar-refractivity contribution in [2.75, 3.05) is 6.54 Å². The summed E-state index contributed by atoms with van der Waals surface area (Å²) in [6.07, 6.45) is 1.33. The first-order valence-corrected chi connectivity index (χ1v) is 6.48. The summed E-state index contributed by atoms with van der Waals surface area (Å²) in [5, 5.41) is 5.25. The van der Waals surface area contributed by atoms with Crippen molar-refractivity contribution in [3.05, 3.63) is 22.4 Å². The van der Waals surface area contributed by atoms with Gasteiger partial charge in [0.05, 0.1) is 0 Å². The van der Waals surface area contributed by atoms with Crippen LogP contribution in [0, 0.1) is 0 Å². The van der Waals surface area contributed by atoms with Gasteiger partial charge in [-0.2, -0.15) is 0 Å². The van der Waals surface area contributed by atoms with Gasteiger partial charge in [0, 0.05) is 17.3 Å². The van der Waals surface area contributed by atoms with E-state index >= 15 is 0 Å². The number of thiophene rings is 1. The number of hydrogen-bond donors (Lipinski definition) is 1. The molecule has 1 aromatic heterocycles. The van der Waals surface area contributed by atoms with E-state index in [0.29, 0.717) is 19.1 Å². The first kappa shape index (κ1) is 13.2. The summed E-state index contributed by atoms with van der Waals surface area (Å²) in [4.78, 5) is 12.4. The van der Waals surface area contributed by atoms with Crippen molar-refractivity contribution in [2.45, 2.75) is 39.3 Å². The van der Waals surface area contributed by atoms with Crippen LogP contribution >= 0.6 is 11.3 Å². The molecule has 1 rings (SSSR count). The highest BCUT2D eigenvalue weighted by atomic mass is 32.1. The Morgan fingerprint density at radius 2 is 2.38 bits per heavy atom. The standard InChI is InChI=1S/C12H19NO2S/c1-10(2)13-7-3-6-12(14)15-9-11-5-4-8-16-11/h4-5,8,10,13H,3,6-7,9H2,1-2H3. The highest BCUT2D eigenvalue weighted by molar-refractivity contribution is 7.09. The average Bonchev–Trinajstić information content (AvgIpc) is 2.74. The van der Waals surface area contributed by atoms with Gasteiger partial charge in [-0.15, -0.1) is 11.3 Å². The first-order chi connectivity index (χ1) is 7.68. The van der Waals surface area contributed by atoms with E-state index in [1.165, 1.54) is 0 Å². The minimum atomic E-state index is -0.112. The Bertz CT molecular complexity index is 296.